The van der Waals surface area contributed by atoms with E-state index in [0.29, 0.717) is 4.88 Å². The summed E-state index contributed by atoms with van der Waals surface area (Å²) in [6.45, 7) is 2.08. The normalized spacial score (nSPS) is 10.2. The van der Waals surface area contributed by atoms with Crippen molar-refractivity contribution in [3.8, 4) is 0 Å². The summed E-state index contributed by atoms with van der Waals surface area (Å²) < 4.78 is 0.972. The van der Waals surface area contributed by atoms with Crippen molar-refractivity contribution in [2.75, 3.05) is 0 Å². The van der Waals surface area contributed by atoms with Gasteiger partial charge in [0.2, 0.25) is 0 Å². The first-order valence-corrected chi connectivity index (χ1v) is 5.34. The molecule has 0 unspecified atom stereocenters. The first-order valence-electron chi connectivity index (χ1n) is 3.73. The van der Waals surface area contributed by atoms with Crippen molar-refractivity contribution in [1.29, 1.82) is 0 Å². The minimum absolute atomic E-state index is 0.325. The molecule has 1 heterocycles. The SMILES string of the molecule is CCCc1cc(Br)sc1C(N)=O. The molecule has 66 valence electrons. The highest BCUT2D eigenvalue weighted by Gasteiger charge is 2.11. The summed E-state index contributed by atoms with van der Waals surface area (Å²) in [4.78, 5) is 11.6. The van der Waals surface area contributed by atoms with Crippen molar-refractivity contribution < 1.29 is 4.79 Å². The molecule has 2 nitrogen and oxygen atoms in total. The van der Waals surface area contributed by atoms with Gasteiger partial charge in [0.1, 0.15) is 0 Å². The van der Waals surface area contributed by atoms with Gasteiger partial charge in [-0.15, -0.1) is 11.3 Å². The number of rotatable bonds is 3. The third-order valence-electron chi connectivity index (χ3n) is 1.52. The predicted octanol–water partition coefficient (Wildman–Crippen LogP) is 2.56. The Morgan fingerprint density at radius 3 is 2.92 bits per heavy atom. The van der Waals surface area contributed by atoms with E-state index in [1.807, 2.05) is 6.07 Å². The zero-order valence-electron chi connectivity index (χ0n) is 6.76. The summed E-state index contributed by atoms with van der Waals surface area (Å²) in [5.74, 6) is -0.325. The number of halogens is 1. The van der Waals surface area contributed by atoms with Gasteiger partial charge in [0, 0.05) is 0 Å². The average molecular weight is 248 g/mol. The highest BCUT2D eigenvalue weighted by atomic mass is 79.9. The fourth-order valence-electron chi connectivity index (χ4n) is 1.06. The fraction of sp³-hybridized carbons (Fsp3) is 0.375. The molecular formula is C8H10BrNOS. The molecule has 2 N–H and O–H groups in total. The monoisotopic (exact) mass is 247 g/mol. The Morgan fingerprint density at radius 1 is 1.75 bits per heavy atom. The van der Waals surface area contributed by atoms with E-state index in [4.69, 9.17) is 5.73 Å². The standard InChI is InChI=1S/C8H10BrNOS/c1-2-3-5-4-6(9)12-7(5)8(10)11/h4H,2-3H2,1H3,(H2,10,11). The van der Waals surface area contributed by atoms with Gasteiger partial charge in [0.15, 0.2) is 0 Å². The molecule has 0 fully saturated rings. The van der Waals surface area contributed by atoms with Gasteiger partial charge in [0.25, 0.3) is 5.91 Å². The first-order chi connectivity index (χ1) is 5.65. The van der Waals surface area contributed by atoms with Crippen LogP contribution >= 0.6 is 27.3 Å². The van der Waals surface area contributed by atoms with Gasteiger partial charge in [-0.05, 0) is 34.0 Å². The Labute approximate surface area is 83.9 Å². The topological polar surface area (TPSA) is 43.1 Å². The smallest absolute Gasteiger partial charge is 0.259 e. The molecule has 0 aromatic carbocycles. The molecule has 12 heavy (non-hydrogen) atoms. The largest absolute Gasteiger partial charge is 0.365 e. The van der Waals surface area contributed by atoms with Crippen molar-refractivity contribution in [3.63, 3.8) is 0 Å². The van der Waals surface area contributed by atoms with Gasteiger partial charge in [0.05, 0.1) is 8.66 Å². The van der Waals surface area contributed by atoms with Crippen LogP contribution in [0.5, 0.6) is 0 Å². The van der Waals surface area contributed by atoms with Gasteiger partial charge < -0.3 is 5.73 Å². The second kappa shape index (κ2) is 4.05. The summed E-state index contributed by atoms with van der Waals surface area (Å²) in [7, 11) is 0. The van der Waals surface area contributed by atoms with Crippen molar-refractivity contribution in [2.24, 2.45) is 5.73 Å². The number of amides is 1. The Morgan fingerprint density at radius 2 is 2.42 bits per heavy atom. The number of hydrogen-bond acceptors (Lipinski definition) is 2. The molecule has 0 saturated carbocycles. The zero-order valence-corrected chi connectivity index (χ0v) is 9.17. The van der Waals surface area contributed by atoms with Crippen LogP contribution in [-0.4, -0.2) is 5.91 Å². The maximum atomic E-state index is 10.9. The molecule has 1 aromatic heterocycles. The Bertz CT molecular complexity index is 295. The molecule has 0 aliphatic rings. The number of hydrogen-bond donors (Lipinski definition) is 1. The van der Waals surface area contributed by atoms with Crippen LogP contribution in [-0.2, 0) is 6.42 Å². The number of carbonyl (C=O) groups excluding carboxylic acids is 1. The van der Waals surface area contributed by atoms with E-state index >= 15 is 0 Å². The van der Waals surface area contributed by atoms with E-state index in [0.717, 1.165) is 22.2 Å². The van der Waals surface area contributed by atoms with Crippen molar-refractivity contribution >= 4 is 33.2 Å². The third-order valence-corrected chi connectivity index (χ3v) is 3.22. The minimum atomic E-state index is -0.325. The second-order valence-electron chi connectivity index (χ2n) is 2.52. The van der Waals surface area contributed by atoms with E-state index < -0.39 is 0 Å². The summed E-state index contributed by atoms with van der Waals surface area (Å²) in [5, 5.41) is 0. The minimum Gasteiger partial charge on any atom is -0.365 e. The molecule has 0 spiro atoms. The van der Waals surface area contributed by atoms with E-state index in [-0.39, 0.29) is 5.91 Å². The quantitative estimate of drug-likeness (QED) is 0.877. The predicted molar refractivity (Wildman–Crippen MR) is 54.5 cm³/mol. The fourth-order valence-corrected chi connectivity index (χ4v) is 2.61. The van der Waals surface area contributed by atoms with Crippen molar-refractivity contribution in [2.45, 2.75) is 19.8 Å². The molecule has 0 bridgehead atoms. The van der Waals surface area contributed by atoms with Gasteiger partial charge in [-0.2, -0.15) is 0 Å². The lowest BCUT2D eigenvalue weighted by Crippen LogP contribution is -2.10. The molecule has 0 atom stereocenters. The zero-order chi connectivity index (χ0) is 9.14. The van der Waals surface area contributed by atoms with Crippen LogP contribution in [0.3, 0.4) is 0 Å². The lowest BCUT2D eigenvalue weighted by atomic mass is 10.1. The Kier molecular flexibility index (Phi) is 3.29. The van der Waals surface area contributed by atoms with Crippen LogP contribution in [0.1, 0.15) is 28.6 Å². The van der Waals surface area contributed by atoms with Crippen LogP contribution in [0.2, 0.25) is 0 Å². The van der Waals surface area contributed by atoms with Gasteiger partial charge in [-0.1, -0.05) is 13.3 Å². The number of carbonyl (C=O) groups is 1. The molecule has 1 aromatic rings. The first kappa shape index (κ1) is 9.74. The number of nitrogens with two attached hydrogens (primary N) is 1. The molecule has 0 radical (unpaired) electrons. The third kappa shape index (κ3) is 2.08. The van der Waals surface area contributed by atoms with Crippen LogP contribution in [0, 0.1) is 0 Å². The van der Waals surface area contributed by atoms with Gasteiger partial charge in [-0.25, -0.2) is 0 Å². The van der Waals surface area contributed by atoms with Gasteiger partial charge in [-0.3, -0.25) is 4.79 Å². The van der Waals surface area contributed by atoms with E-state index in [2.05, 4.69) is 22.9 Å². The molecule has 1 rings (SSSR count). The van der Waals surface area contributed by atoms with Crippen LogP contribution < -0.4 is 5.73 Å². The summed E-state index contributed by atoms with van der Waals surface area (Å²) >= 11 is 4.74. The van der Waals surface area contributed by atoms with E-state index in [1.165, 1.54) is 11.3 Å². The van der Waals surface area contributed by atoms with Crippen LogP contribution in [0.15, 0.2) is 9.85 Å². The molecule has 1 amide bonds. The molecule has 0 aliphatic carbocycles. The summed E-state index contributed by atoms with van der Waals surface area (Å²) in [6.07, 6.45) is 1.95. The Hall–Kier alpha value is -0.350. The molecule has 0 saturated heterocycles. The molecular weight excluding hydrogens is 238 g/mol. The van der Waals surface area contributed by atoms with Gasteiger partial charge >= 0.3 is 0 Å². The highest BCUT2D eigenvalue weighted by molar-refractivity contribution is 9.11. The number of aryl methyl sites for hydroxylation is 1. The lowest BCUT2D eigenvalue weighted by molar-refractivity contribution is 0.100. The van der Waals surface area contributed by atoms with Crippen molar-refractivity contribution in [3.05, 3.63) is 20.3 Å². The molecule has 4 heteroatoms. The summed E-state index contributed by atoms with van der Waals surface area (Å²) in [5.41, 5.74) is 6.27. The number of primary amides is 1. The lowest BCUT2D eigenvalue weighted by Gasteiger charge is -1.95. The molecule has 0 aliphatic heterocycles. The van der Waals surface area contributed by atoms with Crippen molar-refractivity contribution in [1.82, 2.24) is 0 Å². The average Bonchev–Trinajstić information content (AvgIpc) is 2.32. The van der Waals surface area contributed by atoms with E-state index in [9.17, 15) is 4.79 Å². The second-order valence-corrected chi connectivity index (χ2v) is 4.95. The number of thiophene rings is 1. The maximum absolute atomic E-state index is 10.9. The van der Waals surface area contributed by atoms with E-state index in [1.54, 1.807) is 0 Å². The maximum Gasteiger partial charge on any atom is 0.259 e. The van der Waals surface area contributed by atoms with Crippen LogP contribution in [0.25, 0.3) is 0 Å². The Balaban J connectivity index is 2.99. The summed E-state index contributed by atoms with van der Waals surface area (Å²) in [6, 6.07) is 1.97. The van der Waals surface area contributed by atoms with Crippen LogP contribution in [0.4, 0.5) is 0 Å². The highest BCUT2D eigenvalue weighted by Crippen LogP contribution is 2.27.